The van der Waals surface area contributed by atoms with Gasteiger partial charge in [0.1, 0.15) is 0 Å². The Labute approximate surface area is 109 Å². The molecule has 0 atom stereocenters. The molecule has 0 bridgehead atoms. The van der Waals surface area contributed by atoms with Crippen LogP contribution in [0.5, 0.6) is 0 Å². The number of nitrogens with one attached hydrogen (secondary N) is 1. The zero-order chi connectivity index (χ0) is 12.8. The fraction of sp³-hybridized carbons (Fsp3) is 0.400. The van der Waals surface area contributed by atoms with Gasteiger partial charge < -0.3 is 5.32 Å². The Balaban J connectivity index is 1.85. The van der Waals surface area contributed by atoms with Crippen molar-refractivity contribution in [3.63, 3.8) is 0 Å². The van der Waals surface area contributed by atoms with Crippen molar-refractivity contribution in [3.8, 4) is 0 Å². The van der Waals surface area contributed by atoms with Crippen LogP contribution in [0.4, 0.5) is 0 Å². The minimum absolute atomic E-state index is 0.698. The van der Waals surface area contributed by atoms with Crippen LogP contribution in [0, 0.1) is 5.92 Å². The minimum Gasteiger partial charge on any atom is -0.312 e. The Bertz CT molecular complexity index is 443. The molecule has 3 heteroatoms. The van der Waals surface area contributed by atoms with E-state index < -0.39 is 0 Å². The summed E-state index contributed by atoms with van der Waals surface area (Å²) in [6, 6.07) is 10.7. The van der Waals surface area contributed by atoms with E-state index in [0.717, 1.165) is 19.6 Å². The van der Waals surface area contributed by atoms with Crippen molar-refractivity contribution < 1.29 is 0 Å². The molecule has 2 rings (SSSR count). The van der Waals surface area contributed by atoms with Gasteiger partial charge in [0.2, 0.25) is 0 Å². The molecule has 0 amide bonds. The standard InChI is InChI=1S/C15H21N3/c1-13(2)10-16-11-14-4-6-15(7-5-14)12-18-9-3-8-17-18/h3-9,13,16H,10-12H2,1-2H3. The Morgan fingerprint density at radius 2 is 1.89 bits per heavy atom. The number of hydrogen-bond donors (Lipinski definition) is 1. The predicted molar refractivity (Wildman–Crippen MR) is 74.3 cm³/mol. The molecule has 3 nitrogen and oxygen atoms in total. The van der Waals surface area contributed by atoms with Crippen molar-refractivity contribution in [2.45, 2.75) is 26.9 Å². The molecule has 0 radical (unpaired) electrons. The Kier molecular flexibility index (Phi) is 4.53. The lowest BCUT2D eigenvalue weighted by molar-refractivity contribution is 0.552. The maximum Gasteiger partial charge on any atom is 0.0659 e. The largest absolute Gasteiger partial charge is 0.312 e. The third kappa shape index (κ3) is 4.00. The predicted octanol–water partition coefficient (Wildman–Crippen LogP) is 2.68. The van der Waals surface area contributed by atoms with Gasteiger partial charge in [0.05, 0.1) is 6.54 Å². The smallest absolute Gasteiger partial charge is 0.0659 e. The molecule has 18 heavy (non-hydrogen) atoms. The SMILES string of the molecule is CC(C)CNCc1ccc(Cn2cccn2)cc1. The zero-order valence-corrected chi connectivity index (χ0v) is 11.1. The average Bonchev–Trinajstić information content (AvgIpc) is 2.84. The first-order chi connectivity index (χ1) is 8.74. The molecule has 0 fully saturated rings. The van der Waals surface area contributed by atoms with Crippen LogP contribution >= 0.6 is 0 Å². The van der Waals surface area contributed by atoms with Gasteiger partial charge >= 0.3 is 0 Å². The van der Waals surface area contributed by atoms with Gasteiger partial charge in [0, 0.05) is 18.9 Å². The van der Waals surface area contributed by atoms with Crippen LogP contribution in [0.2, 0.25) is 0 Å². The Morgan fingerprint density at radius 3 is 2.50 bits per heavy atom. The van der Waals surface area contributed by atoms with Gasteiger partial charge in [-0.25, -0.2) is 0 Å². The first kappa shape index (κ1) is 12.8. The Morgan fingerprint density at radius 1 is 1.17 bits per heavy atom. The fourth-order valence-electron chi connectivity index (χ4n) is 1.85. The van der Waals surface area contributed by atoms with E-state index in [1.165, 1.54) is 11.1 Å². The minimum atomic E-state index is 0.698. The summed E-state index contributed by atoms with van der Waals surface area (Å²) in [6.45, 7) is 7.29. The van der Waals surface area contributed by atoms with Crippen LogP contribution in [0.1, 0.15) is 25.0 Å². The summed E-state index contributed by atoms with van der Waals surface area (Å²) in [4.78, 5) is 0. The molecule has 0 saturated heterocycles. The van der Waals surface area contributed by atoms with Crippen molar-refractivity contribution in [3.05, 3.63) is 53.9 Å². The summed E-state index contributed by atoms with van der Waals surface area (Å²) in [5, 5.41) is 7.66. The first-order valence-corrected chi connectivity index (χ1v) is 6.50. The lowest BCUT2D eigenvalue weighted by Crippen LogP contribution is -2.18. The van der Waals surface area contributed by atoms with Crippen LogP contribution < -0.4 is 5.32 Å². The van der Waals surface area contributed by atoms with E-state index in [4.69, 9.17) is 0 Å². The molecular weight excluding hydrogens is 222 g/mol. The van der Waals surface area contributed by atoms with Crippen molar-refractivity contribution in [2.75, 3.05) is 6.54 Å². The normalized spacial score (nSPS) is 11.1. The van der Waals surface area contributed by atoms with Gasteiger partial charge in [0.25, 0.3) is 0 Å². The van der Waals surface area contributed by atoms with Gasteiger partial charge in [-0.2, -0.15) is 5.10 Å². The van der Waals surface area contributed by atoms with E-state index in [-0.39, 0.29) is 0 Å². The maximum atomic E-state index is 4.21. The van der Waals surface area contributed by atoms with Crippen molar-refractivity contribution in [1.29, 1.82) is 0 Å². The summed E-state index contributed by atoms with van der Waals surface area (Å²) in [5.74, 6) is 0.698. The van der Waals surface area contributed by atoms with Gasteiger partial charge in [-0.05, 0) is 29.7 Å². The van der Waals surface area contributed by atoms with Gasteiger partial charge in [-0.15, -0.1) is 0 Å². The third-order valence-corrected chi connectivity index (χ3v) is 2.81. The fourth-order valence-corrected chi connectivity index (χ4v) is 1.85. The van der Waals surface area contributed by atoms with Crippen molar-refractivity contribution >= 4 is 0 Å². The molecule has 0 saturated carbocycles. The first-order valence-electron chi connectivity index (χ1n) is 6.50. The van der Waals surface area contributed by atoms with Crippen molar-refractivity contribution in [1.82, 2.24) is 15.1 Å². The number of rotatable bonds is 6. The maximum absolute atomic E-state index is 4.21. The topological polar surface area (TPSA) is 29.9 Å². The highest BCUT2D eigenvalue weighted by Crippen LogP contribution is 2.06. The summed E-state index contributed by atoms with van der Waals surface area (Å²) >= 11 is 0. The molecular formula is C15H21N3. The van der Waals surface area contributed by atoms with E-state index in [1.807, 2.05) is 23.1 Å². The van der Waals surface area contributed by atoms with E-state index in [9.17, 15) is 0 Å². The highest BCUT2D eigenvalue weighted by Gasteiger charge is 1.97. The molecule has 0 aliphatic carbocycles. The van der Waals surface area contributed by atoms with Crippen molar-refractivity contribution in [2.24, 2.45) is 5.92 Å². The second kappa shape index (κ2) is 6.36. The van der Waals surface area contributed by atoms with Crippen LogP contribution in [0.25, 0.3) is 0 Å². The zero-order valence-electron chi connectivity index (χ0n) is 11.1. The van der Waals surface area contributed by atoms with Gasteiger partial charge in [0.15, 0.2) is 0 Å². The molecule has 0 unspecified atom stereocenters. The highest BCUT2D eigenvalue weighted by atomic mass is 15.3. The summed E-state index contributed by atoms with van der Waals surface area (Å²) in [6.07, 6.45) is 3.79. The number of benzene rings is 1. The van der Waals surface area contributed by atoms with Crippen LogP contribution in [-0.4, -0.2) is 16.3 Å². The summed E-state index contributed by atoms with van der Waals surface area (Å²) in [5.41, 5.74) is 2.62. The number of nitrogens with zero attached hydrogens (tertiary/aromatic N) is 2. The number of hydrogen-bond acceptors (Lipinski definition) is 2. The van der Waals surface area contributed by atoms with E-state index in [2.05, 4.69) is 48.5 Å². The molecule has 1 aromatic carbocycles. The van der Waals surface area contributed by atoms with E-state index >= 15 is 0 Å². The summed E-state index contributed by atoms with van der Waals surface area (Å²) in [7, 11) is 0. The third-order valence-electron chi connectivity index (χ3n) is 2.81. The molecule has 2 aromatic rings. The molecule has 1 N–H and O–H groups in total. The monoisotopic (exact) mass is 243 g/mol. The van der Waals surface area contributed by atoms with E-state index in [0.29, 0.717) is 5.92 Å². The lowest BCUT2D eigenvalue weighted by atomic mass is 10.1. The molecule has 1 aromatic heterocycles. The van der Waals surface area contributed by atoms with Gasteiger partial charge in [-0.3, -0.25) is 4.68 Å². The van der Waals surface area contributed by atoms with Crippen LogP contribution in [0.15, 0.2) is 42.7 Å². The second-order valence-corrected chi connectivity index (χ2v) is 5.04. The molecule has 0 aliphatic rings. The quantitative estimate of drug-likeness (QED) is 0.845. The second-order valence-electron chi connectivity index (χ2n) is 5.04. The lowest BCUT2D eigenvalue weighted by Gasteiger charge is -2.08. The molecule has 1 heterocycles. The van der Waals surface area contributed by atoms with Crippen LogP contribution in [-0.2, 0) is 13.1 Å². The Hall–Kier alpha value is -1.61. The summed E-state index contributed by atoms with van der Waals surface area (Å²) < 4.78 is 1.94. The highest BCUT2D eigenvalue weighted by molar-refractivity contribution is 5.22. The number of aromatic nitrogens is 2. The van der Waals surface area contributed by atoms with Gasteiger partial charge in [-0.1, -0.05) is 38.1 Å². The average molecular weight is 243 g/mol. The van der Waals surface area contributed by atoms with Crippen LogP contribution in [0.3, 0.4) is 0 Å². The van der Waals surface area contributed by atoms with E-state index in [1.54, 1.807) is 0 Å². The molecule has 96 valence electrons. The molecule has 0 aliphatic heterocycles. The molecule has 0 spiro atoms.